The van der Waals surface area contributed by atoms with E-state index in [1.807, 2.05) is 12.1 Å². The molecule has 200 valence electrons. The van der Waals surface area contributed by atoms with Gasteiger partial charge >= 0.3 is 0 Å². The number of nitrogens with one attached hydrogen (secondary N) is 3. The van der Waals surface area contributed by atoms with Crippen LogP contribution in [-0.2, 0) is 4.79 Å². The molecule has 0 spiro atoms. The molecular weight excluding hydrogens is 525 g/mol. The van der Waals surface area contributed by atoms with E-state index in [9.17, 15) is 4.79 Å². The average Bonchev–Trinajstić information content (AvgIpc) is 2.81. The van der Waals surface area contributed by atoms with E-state index in [4.69, 9.17) is 51.8 Å². The summed E-state index contributed by atoms with van der Waals surface area (Å²) in [6.45, 7) is 2.25. The Morgan fingerprint density at radius 2 is 1.34 bits per heavy atom. The fraction of sp³-hybridized carbons (Fsp3) is 0.692. The van der Waals surface area contributed by atoms with Gasteiger partial charge in [0.15, 0.2) is 5.11 Å². The molecule has 0 aliphatic carbocycles. The van der Waals surface area contributed by atoms with Gasteiger partial charge in [-0.05, 0) is 42.9 Å². The lowest BCUT2D eigenvalue weighted by molar-refractivity contribution is -0.122. The van der Waals surface area contributed by atoms with E-state index in [2.05, 4.69) is 22.9 Å². The summed E-state index contributed by atoms with van der Waals surface area (Å²) >= 11 is 23.5. The van der Waals surface area contributed by atoms with Gasteiger partial charge in [-0.2, -0.15) is 0 Å². The van der Waals surface area contributed by atoms with Crippen LogP contribution in [0.1, 0.15) is 96.8 Å². The van der Waals surface area contributed by atoms with Crippen molar-refractivity contribution in [3.63, 3.8) is 0 Å². The molecule has 9 heteroatoms. The molecule has 0 unspecified atom stereocenters. The van der Waals surface area contributed by atoms with E-state index in [1.54, 1.807) is 19.2 Å². The third-order valence-corrected chi connectivity index (χ3v) is 6.64. The molecule has 0 radical (unpaired) electrons. The highest BCUT2D eigenvalue weighted by Crippen LogP contribution is 2.29. The summed E-state index contributed by atoms with van der Waals surface area (Å²) in [6.07, 6.45) is 15.7. The molecule has 0 fully saturated rings. The third kappa shape index (κ3) is 16.4. The van der Waals surface area contributed by atoms with E-state index >= 15 is 0 Å². The minimum atomic E-state index is -1.77. The zero-order chi connectivity index (χ0) is 25.9. The van der Waals surface area contributed by atoms with Crippen LogP contribution in [0.5, 0.6) is 5.75 Å². The highest BCUT2D eigenvalue weighted by molar-refractivity contribution is 7.80. The number of anilines is 1. The van der Waals surface area contributed by atoms with Gasteiger partial charge in [-0.1, -0.05) is 119 Å². The Hall–Kier alpha value is -0.950. The third-order valence-electron chi connectivity index (χ3n) is 5.76. The van der Waals surface area contributed by atoms with Crippen LogP contribution < -0.4 is 20.7 Å². The lowest BCUT2D eigenvalue weighted by Gasteiger charge is -2.27. The van der Waals surface area contributed by atoms with Gasteiger partial charge in [-0.15, -0.1) is 0 Å². The number of halogens is 3. The van der Waals surface area contributed by atoms with Crippen LogP contribution in [0.15, 0.2) is 24.3 Å². The van der Waals surface area contributed by atoms with Crippen LogP contribution in [0.4, 0.5) is 5.69 Å². The second-order valence-corrected chi connectivity index (χ2v) is 11.6. The first-order valence-corrected chi connectivity index (χ1v) is 14.4. The molecule has 0 aromatic heterocycles. The molecule has 1 rings (SSSR count). The highest BCUT2D eigenvalue weighted by Gasteiger charge is 2.34. The Morgan fingerprint density at radius 3 is 1.80 bits per heavy atom. The van der Waals surface area contributed by atoms with Crippen LogP contribution in [0.25, 0.3) is 0 Å². The van der Waals surface area contributed by atoms with Gasteiger partial charge in [0.2, 0.25) is 9.70 Å². The van der Waals surface area contributed by atoms with Crippen molar-refractivity contribution in [2.45, 2.75) is 107 Å². The molecule has 0 saturated heterocycles. The summed E-state index contributed by atoms with van der Waals surface area (Å²) in [6, 6.07) is 7.22. The number of alkyl halides is 3. The summed E-state index contributed by atoms with van der Waals surface area (Å²) in [4.78, 5) is 12.4. The minimum absolute atomic E-state index is 0.177. The molecule has 0 aliphatic heterocycles. The van der Waals surface area contributed by atoms with E-state index in [-0.39, 0.29) is 11.0 Å². The summed E-state index contributed by atoms with van der Waals surface area (Å²) in [5.74, 6) is 0.554. The summed E-state index contributed by atoms with van der Waals surface area (Å²) in [7, 11) is 1.60. The first-order chi connectivity index (χ1) is 16.8. The lowest BCUT2D eigenvalue weighted by atomic mass is 10.0. The fourth-order valence-corrected chi connectivity index (χ4v) is 4.27. The normalized spacial score (nSPS) is 12.1. The maximum atomic E-state index is 12.4. The monoisotopic (exact) mass is 565 g/mol. The molecule has 0 bridgehead atoms. The van der Waals surface area contributed by atoms with Crippen molar-refractivity contribution in [1.29, 1.82) is 0 Å². The lowest BCUT2D eigenvalue weighted by Crippen LogP contribution is -2.56. The second-order valence-electron chi connectivity index (χ2n) is 8.86. The molecule has 1 amide bonds. The molecule has 3 N–H and O–H groups in total. The van der Waals surface area contributed by atoms with Gasteiger partial charge in [-0.3, -0.25) is 4.79 Å². The van der Waals surface area contributed by atoms with Crippen molar-refractivity contribution in [1.82, 2.24) is 10.6 Å². The number of rotatable bonds is 18. The average molecular weight is 567 g/mol. The smallest absolute Gasteiger partial charge is 0.228 e. The predicted octanol–water partition coefficient (Wildman–Crippen LogP) is 8.28. The van der Waals surface area contributed by atoms with E-state index < -0.39 is 9.96 Å². The van der Waals surface area contributed by atoms with Crippen LogP contribution >= 0.6 is 47.0 Å². The standard InChI is InChI=1S/C26H42Cl3N3O2S/c1-3-4-5-6-7-8-9-10-11-12-13-14-15-16-23(33)31-24(26(27,28)29)32-25(35)30-21-17-19-22(34-2)20-18-21/h17-20,24H,3-16H2,1-2H3,(H,31,33)(H2,30,32,35)/t24-/m0/s1. The molecule has 1 atom stereocenters. The predicted molar refractivity (Wildman–Crippen MR) is 155 cm³/mol. The number of carbonyl (C=O) groups is 1. The number of methoxy groups -OCH3 is 1. The van der Waals surface area contributed by atoms with Crippen molar-refractivity contribution in [2.75, 3.05) is 12.4 Å². The number of benzene rings is 1. The van der Waals surface area contributed by atoms with Crippen molar-refractivity contribution < 1.29 is 9.53 Å². The molecule has 0 heterocycles. The maximum absolute atomic E-state index is 12.4. The van der Waals surface area contributed by atoms with Crippen LogP contribution in [0.2, 0.25) is 0 Å². The number of amides is 1. The van der Waals surface area contributed by atoms with Crippen LogP contribution in [0.3, 0.4) is 0 Å². The Kier molecular flexibility index (Phi) is 17.6. The number of unbranched alkanes of at least 4 members (excludes halogenated alkanes) is 12. The Labute approximate surface area is 232 Å². The van der Waals surface area contributed by atoms with Gasteiger partial charge in [0.1, 0.15) is 11.9 Å². The molecule has 35 heavy (non-hydrogen) atoms. The van der Waals surface area contributed by atoms with E-state index in [0.717, 1.165) is 30.7 Å². The van der Waals surface area contributed by atoms with Gasteiger partial charge in [0.05, 0.1) is 7.11 Å². The second kappa shape index (κ2) is 19.2. The van der Waals surface area contributed by atoms with Crippen molar-refractivity contribution in [2.24, 2.45) is 0 Å². The minimum Gasteiger partial charge on any atom is -0.497 e. The van der Waals surface area contributed by atoms with E-state index in [0.29, 0.717) is 6.42 Å². The van der Waals surface area contributed by atoms with Gasteiger partial charge in [0.25, 0.3) is 0 Å². The zero-order valence-corrected chi connectivity index (χ0v) is 24.2. The van der Waals surface area contributed by atoms with Crippen LogP contribution in [-0.4, -0.2) is 28.1 Å². The highest BCUT2D eigenvalue weighted by atomic mass is 35.6. The Balaban J connectivity index is 2.20. The summed E-state index contributed by atoms with van der Waals surface area (Å²) < 4.78 is 3.37. The number of ether oxygens (including phenoxy) is 1. The number of hydrogen-bond acceptors (Lipinski definition) is 3. The first-order valence-electron chi connectivity index (χ1n) is 12.8. The van der Waals surface area contributed by atoms with Crippen molar-refractivity contribution in [3.8, 4) is 5.75 Å². The van der Waals surface area contributed by atoms with Crippen molar-refractivity contribution in [3.05, 3.63) is 24.3 Å². The molecule has 5 nitrogen and oxygen atoms in total. The van der Waals surface area contributed by atoms with Gasteiger partial charge < -0.3 is 20.7 Å². The Bertz CT molecular complexity index is 715. The molecule has 1 aromatic rings. The SMILES string of the molecule is CCCCCCCCCCCCCCCC(=O)N[C@@H](NC(=S)Nc1ccc(OC)cc1)C(Cl)(Cl)Cl. The molecular formula is C26H42Cl3N3O2S. The van der Waals surface area contributed by atoms with Crippen LogP contribution in [0, 0.1) is 0 Å². The summed E-state index contributed by atoms with van der Waals surface area (Å²) in [5, 5.41) is 8.85. The topological polar surface area (TPSA) is 62.4 Å². The van der Waals surface area contributed by atoms with Gasteiger partial charge in [0, 0.05) is 12.1 Å². The largest absolute Gasteiger partial charge is 0.497 e. The first kappa shape index (κ1) is 32.1. The van der Waals surface area contributed by atoms with Crippen molar-refractivity contribution >= 4 is 63.7 Å². The maximum Gasteiger partial charge on any atom is 0.228 e. The number of thiocarbonyl (C=S) groups is 1. The summed E-state index contributed by atoms with van der Waals surface area (Å²) in [5.41, 5.74) is 0.740. The number of carbonyl (C=O) groups excluding carboxylic acids is 1. The molecule has 0 aliphatic rings. The molecule has 1 aromatic carbocycles. The molecule has 0 saturated carbocycles. The van der Waals surface area contributed by atoms with Gasteiger partial charge in [-0.25, -0.2) is 0 Å². The fourth-order valence-electron chi connectivity index (χ4n) is 3.71. The Morgan fingerprint density at radius 1 is 0.857 bits per heavy atom. The van der Waals surface area contributed by atoms with E-state index in [1.165, 1.54) is 64.2 Å². The number of hydrogen-bond donors (Lipinski definition) is 3. The zero-order valence-electron chi connectivity index (χ0n) is 21.1. The quantitative estimate of drug-likeness (QED) is 0.0722.